The fraction of sp³-hybridized carbons (Fsp3) is 0.587. The van der Waals surface area contributed by atoms with E-state index in [4.69, 9.17) is 67.3 Å². The number of anilines is 1. The zero-order valence-electron chi connectivity index (χ0n) is 36.4. The highest BCUT2D eigenvalue weighted by Crippen LogP contribution is 2.44. The normalized spacial score (nSPS) is 12.1. The Hall–Kier alpha value is -3.91. The Bertz CT molecular complexity index is 1540. The Morgan fingerprint density at radius 2 is 0.774 bits per heavy atom. The number of para-hydroxylation sites is 2. The second-order valence-electron chi connectivity index (χ2n) is 13.8. The number of likely N-dealkylation sites (N-methyl/N-ethyl adjacent to an activating group) is 1. The van der Waals surface area contributed by atoms with Crippen LogP contribution >= 0.6 is 0 Å². The molecule has 0 spiro atoms. The van der Waals surface area contributed by atoms with Crippen molar-refractivity contribution in [1.29, 1.82) is 0 Å². The summed E-state index contributed by atoms with van der Waals surface area (Å²) < 4.78 is 72.0. The lowest BCUT2D eigenvalue weighted by Crippen LogP contribution is -2.32. The van der Waals surface area contributed by atoms with E-state index in [0.717, 1.165) is 0 Å². The van der Waals surface area contributed by atoms with E-state index in [1.807, 2.05) is 42.5 Å². The molecule has 3 aromatic rings. The monoisotopic (exact) mass is 872 g/mol. The summed E-state index contributed by atoms with van der Waals surface area (Å²) in [5.74, 6) is 0.698. The van der Waals surface area contributed by atoms with E-state index in [-0.39, 0.29) is 12.0 Å². The van der Waals surface area contributed by atoms with Crippen LogP contribution in [0.4, 0.5) is 10.5 Å². The summed E-state index contributed by atoms with van der Waals surface area (Å²) >= 11 is 0. The summed E-state index contributed by atoms with van der Waals surface area (Å²) in [6.45, 7) is 11.6. The lowest BCUT2D eigenvalue weighted by atomic mass is 9.98. The summed E-state index contributed by atoms with van der Waals surface area (Å²) in [5, 5.41) is 0. The van der Waals surface area contributed by atoms with Gasteiger partial charge in [-0.15, -0.1) is 0 Å². The van der Waals surface area contributed by atoms with Crippen molar-refractivity contribution in [3.8, 4) is 16.9 Å². The number of hydrogen-bond acceptors (Lipinski definition) is 15. The summed E-state index contributed by atoms with van der Waals surface area (Å²) in [7, 11) is 1.71. The Kier molecular flexibility index (Phi) is 27.5. The quantitative estimate of drug-likeness (QED) is 0.0618. The molecule has 2 N–H and O–H groups in total. The van der Waals surface area contributed by atoms with Crippen LogP contribution in [0.2, 0.25) is 0 Å². The number of nitrogens with two attached hydrogens (primary N) is 1. The predicted octanol–water partition coefficient (Wildman–Crippen LogP) is 4.71. The Balaban J connectivity index is 0.778. The molecule has 0 saturated heterocycles. The molecule has 0 heterocycles. The average molecular weight is 873 g/mol. The molecule has 0 atom stereocenters. The Labute approximate surface area is 366 Å². The zero-order valence-corrected chi connectivity index (χ0v) is 36.4. The maximum atomic E-state index is 12.6. The zero-order chi connectivity index (χ0) is 43.6. The second kappa shape index (κ2) is 33.6. The Morgan fingerprint density at radius 1 is 0.452 bits per heavy atom. The van der Waals surface area contributed by atoms with Crippen LogP contribution in [0.3, 0.4) is 0 Å². The number of benzene rings is 3. The highest BCUT2D eigenvalue weighted by molar-refractivity contribution is 5.79. The highest BCUT2D eigenvalue weighted by atomic mass is 16.6. The van der Waals surface area contributed by atoms with Crippen molar-refractivity contribution >= 4 is 11.8 Å². The molecule has 0 radical (unpaired) electrons. The molecule has 0 unspecified atom stereocenters. The lowest BCUT2D eigenvalue weighted by molar-refractivity contribution is -0.0278. The van der Waals surface area contributed by atoms with Gasteiger partial charge in [0.25, 0.3) is 0 Å². The fourth-order valence-corrected chi connectivity index (χ4v) is 6.12. The number of nitrogens with zero attached hydrogens (tertiary/aromatic N) is 1. The maximum Gasteiger partial charge on any atom is 0.409 e. The van der Waals surface area contributed by atoms with Gasteiger partial charge in [-0.25, -0.2) is 4.79 Å². The van der Waals surface area contributed by atoms with Gasteiger partial charge in [0.1, 0.15) is 19.0 Å². The molecular weight excluding hydrogens is 805 g/mol. The van der Waals surface area contributed by atoms with Crippen LogP contribution in [0.15, 0.2) is 72.8 Å². The molecule has 0 aliphatic heterocycles. The van der Waals surface area contributed by atoms with Crippen LogP contribution in [-0.4, -0.2) is 183 Å². The molecule has 0 bridgehead atoms. The van der Waals surface area contributed by atoms with Crippen molar-refractivity contribution in [1.82, 2.24) is 4.90 Å². The molecule has 16 heteroatoms. The molecule has 62 heavy (non-hydrogen) atoms. The molecule has 0 saturated carbocycles. The Morgan fingerprint density at radius 3 is 1.16 bits per heavy atom. The number of carbonyl (C=O) groups excluding carboxylic acids is 1. The van der Waals surface area contributed by atoms with Gasteiger partial charge in [-0.1, -0.05) is 60.7 Å². The molecule has 0 aromatic heterocycles. The van der Waals surface area contributed by atoms with E-state index in [1.165, 1.54) is 27.2 Å². The van der Waals surface area contributed by atoms with Gasteiger partial charge in [-0.2, -0.15) is 0 Å². The summed E-state index contributed by atoms with van der Waals surface area (Å²) in [4.78, 5) is 14.2. The van der Waals surface area contributed by atoms with E-state index in [0.29, 0.717) is 177 Å². The van der Waals surface area contributed by atoms with Crippen LogP contribution in [0, 0.1) is 0 Å². The summed E-state index contributed by atoms with van der Waals surface area (Å²) in [6, 6.07) is 23.9. The van der Waals surface area contributed by atoms with Crippen molar-refractivity contribution < 1.29 is 66.4 Å². The van der Waals surface area contributed by atoms with Crippen LogP contribution in [0.1, 0.15) is 17.0 Å². The first-order chi connectivity index (χ1) is 30.6. The fourth-order valence-electron chi connectivity index (χ4n) is 6.12. The number of hydrogen-bond donors (Lipinski definition) is 1. The molecule has 3 aromatic carbocycles. The number of ether oxygens (including phenoxy) is 13. The standard InChI is InChI=1S/C46H68N2O14/c1-48(46(49)62-38-43-41-10-4-2-8-39(41)40-9-3-5-11-42(40)43)14-15-50-16-17-51-18-19-52-20-21-53-22-23-54-24-25-55-26-27-56-28-29-57-30-31-58-32-33-59-34-35-60-36-37-61-45-13-7-6-12-44(45)47/h2-13,43H,14-38,47H2,1H3. The van der Waals surface area contributed by atoms with Gasteiger partial charge >= 0.3 is 6.09 Å². The van der Waals surface area contributed by atoms with Gasteiger partial charge in [0, 0.05) is 19.5 Å². The van der Waals surface area contributed by atoms with Crippen molar-refractivity contribution in [3.63, 3.8) is 0 Å². The van der Waals surface area contributed by atoms with Gasteiger partial charge in [-0.3, -0.25) is 0 Å². The van der Waals surface area contributed by atoms with Crippen LogP contribution in [0.25, 0.3) is 11.1 Å². The van der Waals surface area contributed by atoms with Crippen molar-refractivity contribution in [2.75, 3.05) is 178 Å². The van der Waals surface area contributed by atoms with Crippen molar-refractivity contribution in [2.45, 2.75) is 5.92 Å². The minimum absolute atomic E-state index is 0.0348. The smallest absolute Gasteiger partial charge is 0.409 e. The second-order valence-corrected chi connectivity index (χ2v) is 13.8. The molecule has 16 nitrogen and oxygen atoms in total. The van der Waals surface area contributed by atoms with E-state index >= 15 is 0 Å². The molecule has 4 rings (SSSR count). The largest absolute Gasteiger partial charge is 0.489 e. The number of rotatable bonds is 39. The average Bonchev–Trinajstić information content (AvgIpc) is 3.61. The molecule has 1 aliphatic rings. The lowest BCUT2D eigenvalue weighted by Gasteiger charge is -2.19. The number of fused-ring (bicyclic) bond motifs is 3. The molecule has 1 amide bonds. The summed E-state index contributed by atoms with van der Waals surface area (Å²) in [5.41, 5.74) is 11.2. The summed E-state index contributed by atoms with van der Waals surface area (Å²) in [6.07, 6.45) is -0.367. The number of amides is 1. The third-order valence-corrected chi connectivity index (χ3v) is 9.34. The van der Waals surface area contributed by atoms with Crippen LogP contribution in [-0.2, 0) is 56.8 Å². The van der Waals surface area contributed by atoms with Gasteiger partial charge < -0.3 is 72.2 Å². The van der Waals surface area contributed by atoms with E-state index in [1.54, 1.807) is 13.1 Å². The molecule has 1 aliphatic carbocycles. The number of carbonyl (C=O) groups is 1. The van der Waals surface area contributed by atoms with E-state index in [9.17, 15) is 4.79 Å². The first-order valence-corrected chi connectivity index (χ1v) is 21.5. The highest BCUT2D eigenvalue weighted by Gasteiger charge is 2.29. The SMILES string of the molecule is CN(CCOCCOCCOCCOCCOCCOCCOCCOCCOCCOCCOCCOc1ccccc1N)C(=O)OCC1c2ccccc2-c2ccccc21. The predicted molar refractivity (Wildman–Crippen MR) is 233 cm³/mol. The van der Waals surface area contributed by atoms with E-state index in [2.05, 4.69) is 24.3 Å². The van der Waals surface area contributed by atoms with Gasteiger partial charge in [0.15, 0.2) is 0 Å². The first-order valence-electron chi connectivity index (χ1n) is 21.5. The van der Waals surface area contributed by atoms with Gasteiger partial charge in [0.2, 0.25) is 0 Å². The third kappa shape index (κ3) is 21.4. The van der Waals surface area contributed by atoms with Gasteiger partial charge in [-0.05, 0) is 34.4 Å². The minimum Gasteiger partial charge on any atom is -0.489 e. The van der Waals surface area contributed by atoms with Crippen molar-refractivity contribution in [3.05, 3.63) is 83.9 Å². The third-order valence-electron chi connectivity index (χ3n) is 9.34. The molecule has 346 valence electrons. The van der Waals surface area contributed by atoms with Crippen molar-refractivity contribution in [2.24, 2.45) is 0 Å². The molecule has 0 fully saturated rings. The molecular formula is C46H68N2O14. The topological polar surface area (TPSA) is 166 Å². The van der Waals surface area contributed by atoms with Crippen LogP contribution in [0.5, 0.6) is 5.75 Å². The van der Waals surface area contributed by atoms with Gasteiger partial charge in [0.05, 0.1) is 151 Å². The van der Waals surface area contributed by atoms with Crippen LogP contribution < -0.4 is 10.5 Å². The minimum atomic E-state index is -0.367. The maximum absolute atomic E-state index is 12.6. The number of nitrogen functional groups attached to an aromatic ring is 1. The first kappa shape index (κ1) is 50.7. The van der Waals surface area contributed by atoms with E-state index < -0.39 is 0 Å².